The number of carbonyl (C=O) groups is 2. The Morgan fingerprint density at radius 3 is 2.12 bits per heavy atom. The van der Waals surface area contributed by atoms with Crippen LogP contribution in [0, 0.1) is 11.8 Å². The molecule has 0 aliphatic heterocycles. The Hall–Kier alpha value is -1.10. The summed E-state index contributed by atoms with van der Waals surface area (Å²) >= 11 is 0. The minimum absolute atomic E-state index is 0.0550. The minimum Gasteiger partial charge on any atom is -0.369 e. The second-order valence-electron chi connectivity index (χ2n) is 5.23. The van der Waals surface area contributed by atoms with Crippen molar-refractivity contribution < 1.29 is 9.59 Å². The predicted molar refractivity (Wildman–Crippen MR) is 68.3 cm³/mol. The van der Waals surface area contributed by atoms with Gasteiger partial charge in [-0.2, -0.15) is 0 Å². The van der Waals surface area contributed by atoms with Crippen LogP contribution in [-0.2, 0) is 9.59 Å². The molecule has 0 spiro atoms. The lowest BCUT2D eigenvalue weighted by Gasteiger charge is -2.22. The first-order valence-electron chi connectivity index (χ1n) is 6.08. The molecule has 0 saturated heterocycles. The quantitative estimate of drug-likeness (QED) is 0.639. The summed E-state index contributed by atoms with van der Waals surface area (Å²) in [6.45, 7) is 9.87. The van der Waals surface area contributed by atoms with Gasteiger partial charge in [-0.3, -0.25) is 14.5 Å². The van der Waals surface area contributed by atoms with E-state index in [-0.39, 0.29) is 19.0 Å². The van der Waals surface area contributed by atoms with Crippen molar-refractivity contribution in [3.63, 3.8) is 0 Å². The van der Waals surface area contributed by atoms with Crippen LogP contribution >= 0.6 is 0 Å². The van der Waals surface area contributed by atoms with Crippen molar-refractivity contribution in [1.29, 1.82) is 0 Å². The van der Waals surface area contributed by atoms with Gasteiger partial charge in [-0.25, -0.2) is 0 Å². The molecule has 0 saturated carbocycles. The average Bonchev–Trinajstić information content (AvgIpc) is 2.12. The summed E-state index contributed by atoms with van der Waals surface area (Å²) in [7, 11) is 0. The Bertz CT molecular complexity index is 252. The number of nitrogens with two attached hydrogens (primary N) is 1. The van der Waals surface area contributed by atoms with Crippen LogP contribution in [0.4, 0.5) is 0 Å². The van der Waals surface area contributed by atoms with Crippen molar-refractivity contribution in [3.8, 4) is 0 Å². The molecule has 2 amide bonds. The van der Waals surface area contributed by atoms with Crippen LogP contribution in [0.3, 0.4) is 0 Å². The fourth-order valence-electron chi connectivity index (χ4n) is 1.50. The second-order valence-corrected chi connectivity index (χ2v) is 5.23. The maximum Gasteiger partial charge on any atom is 0.234 e. The summed E-state index contributed by atoms with van der Waals surface area (Å²) < 4.78 is 0. The van der Waals surface area contributed by atoms with Crippen LogP contribution in [0.25, 0.3) is 0 Å². The number of hydrogen-bond acceptors (Lipinski definition) is 3. The fraction of sp³-hybridized carbons (Fsp3) is 0.833. The molecule has 0 unspecified atom stereocenters. The molecule has 0 atom stereocenters. The number of primary amides is 1. The summed E-state index contributed by atoms with van der Waals surface area (Å²) in [5, 5.41) is 2.83. The summed E-state index contributed by atoms with van der Waals surface area (Å²) in [4.78, 5) is 24.3. The van der Waals surface area contributed by atoms with E-state index in [1.807, 2.05) is 27.7 Å². The van der Waals surface area contributed by atoms with E-state index < -0.39 is 5.91 Å². The molecule has 0 aliphatic carbocycles. The molecule has 0 heterocycles. The number of hydrogen-bond donors (Lipinski definition) is 2. The van der Waals surface area contributed by atoms with Crippen molar-refractivity contribution >= 4 is 11.8 Å². The highest BCUT2D eigenvalue weighted by molar-refractivity contribution is 5.80. The molecular formula is C12H25N3O2. The van der Waals surface area contributed by atoms with Gasteiger partial charge in [0.05, 0.1) is 13.1 Å². The van der Waals surface area contributed by atoms with Gasteiger partial charge in [0, 0.05) is 13.1 Å². The zero-order chi connectivity index (χ0) is 13.4. The van der Waals surface area contributed by atoms with Gasteiger partial charge in [0.1, 0.15) is 0 Å². The lowest BCUT2D eigenvalue weighted by Crippen LogP contribution is -2.43. The molecule has 0 rings (SSSR count). The van der Waals surface area contributed by atoms with Crippen molar-refractivity contribution in [2.24, 2.45) is 17.6 Å². The molecule has 5 nitrogen and oxygen atoms in total. The molecule has 0 radical (unpaired) electrons. The van der Waals surface area contributed by atoms with E-state index in [0.717, 1.165) is 0 Å². The smallest absolute Gasteiger partial charge is 0.234 e. The van der Waals surface area contributed by atoms with Gasteiger partial charge in [-0.05, 0) is 11.8 Å². The van der Waals surface area contributed by atoms with E-state index in [0.29, 0.717) is 24.9 Å². The normalized spacial score (nSPS) is 11.2. The van der Waals surface area contributed by atoms with Crippen molar-refractivity contribution in [2.75, 3.05) is 26.2 Å². The van der Waals surface area contributed by atoms with Gasteiger partial charge >= 0.3 is 0 Å². The lowest BCUT2D eigenvalue weighted by molar-refractivity contribution is -0.124. The summed E-state index contributed by atoms with van der Waals surface area (Å²) in [5.41, 5.74) is 5.15. The molecule has 0 aromatic carbocycles. The molecule has 100 valence electrons. The van der Waals surface area contributed by atoms with Gasteiger partial charge in [-0.15, -0.1) is 0 Å². The van der Waals surface area contributed by atoms with Gasteiger partial charge in [-0.1, -0.05) is 27.7 Å². The predicted octanol–water partition coefficient (Wildman–Crippen LogP) is 0.202. The van der Waals surface area contributed by atoms with Crippen LogP contribution < -0.4 is 11.1 Å². The number of nitrogens with zero attached hydrogens (tertiary/aromatic N) is 1. The Kier molecular flexibility index (Phi) is 7.54. The highest BCUT2D eigenvalue weighted by Crippen LogP contribution is 1.98. The Labute approximate surface area is 104 Å². The molecule has 5 heteroatoms. The third-order valence-corrected chi connectivity index (χ3v) is 2.08. The Morgan fingerprint density at radius 1 is 1.12 bits per heavy atom. The topological polar surface area (TPSA) is 75.4 Å². The van der Waals surface area contributed by atoms with Crippen LogP contribution in [0.2, 0.25) is 0 Å². The van der Waals surface area contributed by atoms with Crippen molar-refractivity contribution in [3.05, 3.63) is 0 Å². The van der Waals surface area contributed by atoms with E-state index in [4.69, 9.17) is 5.73 Å². The third kappa shape index (κ3) is 9.81. The van der Waals surface area contributed by atoms with E-state index in [2.05, 4.69) is 5.32 Å². The number of carbonyl (C=O) groups excluding carboxylic acids is 2. The molecular weight excluding hydrogens is 218 g/mol. The number of nitrogens with one attached hydrogen (secondary N) is 1. The van der Waals surface area contributed by atoms with Gasteiger partial charge < -0.3 is 11.1 Å². The summed E-state index contributed by atoms with van der Waals surface area (Å²) in [6, 6.07) is 0. The largest absolute Gasteiger partial charge is 0.369 e. The summed E-state index contributed by atoms with van der Waals surface area (Å²) in [6.07, 6.45) is 0. The molecule has 0 aromatic rings. The number of amides is 2. The number of rotatable bonds is 8. The van der Waals surface area contributed by atoms with Crippen LogP contribution in [0.15, 0.2) is 0 Å². The van der Waals surface area contributed by atoms with Crippen molar-refractivity contribution in [2.45, 2.75) is 27.7 Å². The molecule has 17 heavy (non-hydrogen) atoms. The third-order valence-electron chi connectivity index (χ3n) is 2.08. The van der Waals surface area contributed by atoms with Crippen LogP contribution in [0.5, 0.6) is 0 Å². The van der Waals surface area contributed by atoms with Crippen LogP contribution in [-0.4, -0.2) is 42.9 Å². The highest BCUT2D eigenvalue weighted by Gasteiger charge is 2.14. The van der Waals surface area contributed by atoms with E-state index >= 15 is 0 Å². The van der Waals surface area contributed by atoms with E-state index in [1.165, 1.54) is 0 Å². The zero-order valence-electron chi connectivity index (χ0n) is 11.3. The molecule has 0 bridgehead atoms. The van der Waals surface area contributed by atoms with Gasteiger partial charge in [0.25, 0.3) is 0 Å². The highest BCUT2D eigenvalue weighted by atomic mass is 16.2. The average molecular weight is 243 g/mol. The molecule has 0 aromatic heterocycles. The van der Waals surface area contributed by atoms with E-state index in [1.54, 1.807) is 4.90 Å². The molecule has 0 aliphatic rings. The van der Waals surface area contributed by atoms with E-state index in [9.17, 15) is 9.59 Å². The van der Waals surface area contributed by atoms with Crippen LogP contribution in [0.1, 0.15) is 27.7 Å². The monoisotopic (exact) mass is 243 g/mol. The summed E-state index contributed by atoms with van der Waals surface area (Å²) in [5.74, 6) is 0.365. The lowest BCUT2D eigenvalue weighted by atomic mass is 10.2. The first kappa shape index (κ1) is 15.9. The fourth-order valence-corrected chi connectivity index (χ4v) is 1.50. The Balaban J connectivity index is 4.12. The molecule has 0 fully saturated rings. The standard InChI is InChI=1S/C12H25N3O2/c1-9(2)5-14-12(17)8-15(6-10(3)4)7-11(13)16/h9-10H,5-8H2,1-4H3,(H2,13,16)(H,14,17). The first-order valence-corrected chi connectivity index (χ1v) is 6.08. The maximum atomic E-state index is 11.6. The minimum atomic E-state index is -0.401. The maximum absolute atomic E-state index is 11.6. The molecule has 3 N–H and O–H groups in total. The SMILES string of the molecule is CC(C)CNC(=O)CN(CC(N)=O)CC(C)C. The zero-order valence-corrected chi connectivity index (χ0v) is 11.3. The van der Waals surface area contributed by atoms with Crippen molar-refractivity contribution in [1.82, 2.24) is 10.2 Å². The first-order chi connectivity index (χ1) is 7.81. The second kappa shape index (κ2) is 8.06. The Morgan fingerprint density at radius 2 is 1.71 bits per heavy atom. The van der Waals surface area contributed by atoms with Gasteiger partial charge in [0.2, 0.25) is 11.8 Å². The van der Waals surface area contributed by atoms with Gasteiger partial charge in [0.15, 0.2) is 0 Å².